The Balaban J connectivity index is 1.80. The Bertz CT molecular complexity index is 1330. The molecule has 0 aliphatic rings. The van der Waals surface area contributed by atoms with Gasteiger partial charge in [0, 0.05) is 48.5 Å². The zero-order valence-electron chi connectivity index (χ0n) is 20.2. The van der Waals surface area contributed by atoms with E-state index in [9.17, 15) is 8.42 Å². The third-order valence-corrected chi connectivity index (χ3v) is 7.74. The second-order valence-corrected chi connectivity index (χ2v) is 10.7. The van der Waals surface area contributed by atoms with E-state index >= 15 is 0 Å². The largest absolute Gasteiger partial charge is 0.495 e. The van der Waals surface area contributed by atoms with E-state index in [0.29, 0.717) is 29.5 Å². The SMILES string of the molecule is CCCN(CCC)S(=O)(=O)c1ccc2c(c1)c(/C=N/NC(=S)Nc1ccc(OC)c(Cl)c1)cn2C. The fraction of sp³-hybridized carbons (Fsp3) is 0.333. The molecule has 8 nitrogen and oxygen atoms in total. The summed E-state index contributed by atoms with van der Waals surface area (Å²) in [6.07, 6.45) is 5.02. The number of hydrogen-bond acceptors (Lipinski definition) is 5. The summed E-state index contributed by atoms with van der Waals surface area (Å²) in [6, 6.07) is 10.4. The molecule has 0 atom stereocenters. The Morgan fingerprint density at radius 3 is 2.54 bits per heavy atom. The summed E-state index contributed by atoms with van der Waals surface area (Å²) in [6.45, 7) is 4.93. The van der Waals surface area contributed by atoms with Crippen LogP contribution >= 0.6 is 23.8 Å². The van der Waals surface area contributed by atoms with Crippen molar-refractivity contribution < 1.29 is 13.2 Å². The van der Waals surface area contributed by atoms with Crippen molar-refractivity contribution in [3.05, 3.63) is 53.2 Å². The van der Waals surface area contributed by atoms with Gasteiger partial charge in [0.05, 0.1) is 23.2 Å². The number of anilines is 1. The average molecular weight is 536 g/mol. The van der Waals surface area contributed by atoms with Gasteiger partial charge in [-0.1, -0.05) is 25.4 Å². The highest BCUT2D eigenvalue weighted by Gasteiger charge is 2.24. The van der Waals surface area contributed by atoms with E-state index in [2.05, 4.69) is 15.8 Å². The van der Waals surface area contributed by atoms with E-state index in [0.717, 1.165) is 29.3 Å². The van der Waals surface area contributed by atoms with Crippen molar-refractivity contribution in [2.45, 2.75) is 31.6 Å². The molecule has 0 amide bonds. The molecule has 0 saturated heterocycles. The molecule has 0 aliphatic heterocycles. The van der Waals surface area contributed by atoms with E-state index in [1.54, 1.807) is 48.0 Å². The summed E-state index contributed by atoms with van der Waals surface area (Å²) < 4.78 is 35.1. The van der Waals surface area contributed by atoms with Crippen molar-refractivity contribution in [2.24, 2.45) is 12.1 Å². The number of aromatic nitrogens is 1. The number of methoxy groups -OCH3 is 1. The van der Waals surface area contributed by atoms with Crippen LogP contribution in [0.5, 0.6) is 5.75 Å². The van der Waals surface area contributed by atoms with E-state index < -0.39 is 10.0 Å². The fourth-order valence-corrected chi connectivity index (χ4v) is 5.81. The highest BCUT2D eigenvalue weighted by Crippen LogP contribution is 2.27. The van der Waals surface area contributed by atoms with Crippen LogP contribution in [0.3, 0.4) is 0 Å². The van der Waals surface area contributed by atoms with Gasteiger partial charge in [0.15, 0.2) is 5.11 Å². The minimum atomic E-state index is -3.59. The topological polar surface area (TPSA) is 88.0 Å². The van der Waals surface area contributed by atoms with Gasteiger partial charge >= 0.3 is 0 Å². The van der Waals surface area contributed by atoms with Gasteiger partial charge in [-0.25, -0.2) is 8.42 Å². The zero-order chi connectivity index (χ0) is 25.6. The monoisotopic (exact) mass is 535 g/mol. The molecule has 1 heterocycles. The third-order valence-electron chi connectivity index (χ3n) is 5.35. The lowest BCUT2D eigenvalue weighted by molar-refractivity contribution is 0.410. The molecule has 0 bridgehead atoms. The quantitative estimate of drug-likeness (QED) is 0.216. The zero-order valence-corrected chi connectivity index (χ0v) is 22.6. The van der Waals surface area contributed by atoms with E-state index in [1.165, 1.54) is 0 Å². The molecule has 2 N–H and O–H groups in total. The van der Waals surface area contributed by atoms with Crippen LogP contribution in [-0.2, 0) is 17.1 Å². The first-order chi connectivity index (χ1) is 16.7. The summed E-state index contributed by atoms with van der Waals surface area (Å²) in [7, 11) is -0.135. The Hall–Kier alpha value is -2.66. The standard InChI is InChI=1S/C24H30ClN5O3S2/c1-5-11-30(12-6-2)35(31,32)19-8-9-22-20(14-19)17(16-29(22)3)15-26-28-24(34)27-18-7-10-23(33-4)21(25)13-18/h7-10,13-16H,5-6,11-12H2,1-4H3,(H2,27,28,34)/b26-15+. The van der Waals surface area contributed by atoms with Crippen molar-refractivity contribution in [3.8, 4) is 5.75 Å². The molecule has 11 heteroatoms. The number of nitrogens with one attached hydrogen (secondary N) is 2. The fourth-order valence-electron chi connectivity index (χ4n) is 3.73. The molecule has 2 aromatic carbocycles. The summed E-state index contributed by atoms with van der Waals surface area (Å²) in [5, 5.41) is 8.76. The van der Waals surface area contributed by atoms with Gasteiger partial charge < -0.3 is 14.6 Å². The average Bonchev–Trinajstić information content (AvgIpc) is 3.14. The van der Waals surface area contributed by atoms with Crippen molar-refractivity contribution >= 4 is 61.8 Å². The Kier molecular flexibility index (Phi) is 9.12. The highest BCUT2D eigenvalue weighted by molar-refractivity contribution is 7.89. The number of hydrogen-bond donors (Lipinski definition) is 2. The van der Waals surface area contributed by atoms with Crippen LogP contribution in [0.15, 0.2) is 52.6 Å². The number of hydrazone groups is 1. The molecule has 0 saturated carbocycles. The maximum Gasteiger partial charge on any atom is 0.243 e. The number of nitrogens with zero attached hydrogens (tertiary/aromatic N) is 3. The summed E-state index contributed by atoms with van der Waals surface area (Å²) in [5.41, 5.74) is 5.13. The third kappa shape index (κ3) is 6.32. The van der Waals surface area contributed by atoms with Crippen LogP contribution < -0.4 is 15.5 Å². The van der Waals surface area contributed by atoms with Gasteiger partial charge in [-0.05, 0) is 61.5 Å². The molecule has 3 rings (SSSR count). The molecular weight excluding hydrogens is 506 g/mol. The Morgan fingerprint density at radius 2 is 1.91 bits per heavy atom. The van der Waals surface area contributed by atoms with Gasteiger partial charge in [0.2, 0.25) is 10.0 Å². The lowest BCUT2D eigenvalue weighted by Gasteiger charge is -2.21. The maximum absolute atomic E-state index is 13.2. The Morgan fingerprint density at radius 1 is 1.20 bits per heavy atom. The first kappa shape index (κ1) is 26.9. The molecule has 0 unspecified atom stereocenters. The van der Waals surface area contributed by atoms with Crippen LogP contribution in [0.1, 0.15) is 32.3 Å². The first-order valence-corrected chi connectivity index (χ1v) is 13.5. The number of ether oxygens (including phenoxy) is 1. The molecule has 188 valence electrons. The molecule has 0 spiro atoms. The minimum Gasteiger partial charge on any atom is -0.495 e. The van der Waals surface area contributed by atoms with Crippen molar-refractivity contribution in [1.29, 1.82) is 0 Å². The lowest BCUT2D eigenvalue weighted by Crippen LogP contribution is -2.32. The maximum atomic E-state index is 13.2. The second kappa shape index (κ2) is 11.9. The molecule has 1 aromatic heterocycles. The van der Waals surface area contributed by atoms with Crippen LogP contribution in [0.4, 0.5) is 5.69 Å². The summed E-state index contributed by atoms with van der Waals surface area (Å²) in [4.78, 5) is 0.272. The van der Waals surface area contributed by atoms with Gasteiger partial charge in [-0.2, -0.15) is 9.41 Å². The normalized spacial score (nSPS) is 11.9. The van der Waals surface area contributed by atoms with Crippen LogP contribution in [0, 0.1) is 0 Å². The van der Waals surface area contributed by atoms with E-state index in [4.69, 9.17) is 28.6 Å². The molecule has 0 fully saturated rings. The molecular formula is C24H30ClN5O3S2. The van der Waals surface area contributed by atoms with Crippen LogP contribution in [-0.4, -0.2) is 48.8 Å². The lowest BCUT2D eigenvalue weighted by atomic mass is 10.2. The number of rotatable bonds is 10. The van der Waals surface area contributed by atoms with Gasteiger partial charge in [-0.3, -0.25) is 5.43 Å². The van der Waals surface area contributed by atoms with Crippen molar-refractivity contribution in [1.82, 2.24) is 14.3 Å². The van der Waals surface area contributed by atoms with E-state index in [1.807, 2.05) is 37.7 Å². The van der Waals surface area contributed by atoms with Crippen LogP contribution in [0.2, 0.25) is 5.02 Å². The van der Waals surface area contributed by atoms with E-state index in [-0.39, 0.29) is 10.0 Å². The predicted molar refractivity (Wildman–Crippen MR) is 147 cm³/mol. The molecule has 0 aliphatic carbocycles. The Labute approximate surface area is 217 Å². The number of halogens is 1. The number of sulfonamides is 1. The smallest absolute Gasteiger partial charge is 0.243 e. The highest BCUT2D eigenvalue weighted by atomic mass is 35.5. The van der Waals surface area contributed by atoms with Gasteiger partial charge in [0.25, 0.3) is 0 Å². The number of thiocarbonyl (C=S) groups is 1. The molecule has 35 heavy (non-hydrogen) atoms. The number of fused-ring (bicyclic) bond motifs is 1. The van der Waals surface area contributed by atoms with Gasteiger partial charge in [-0.15, -0.1) is 0 Å². The summed E-state index contributed by atoms with van der Waals surface area (Å²) in [5.74, 6) is 0.568. The number of aryl methyl sites for hydroxylation is 1. The first-order valence-electron chi connectivity index (χ1n) is 11.2. The minimum absolute atomic E-state index is 0.272. The van der Waals surface area contributed by atoms with Gasteiger partial charge in [0.1, 0.15) is 5.75 Å². The van der Waals surface area contributed by atoms with Crippen molar-refractivity contribution in [2.75, 3.05) is 25.5 Å². The predicted octanol–water partition coefficient (Wildman–Crippen LogP) is 4.97. The molecule has 0 radical (unpaired) electrons. The van der Waals surface area contributed by atoms with Crippen LogP contribution in [0.25, 0.3) is 10.9 Å². The second-order valence-electron chi connectivity index (χ2n) is 7.95. The summed E-state index contributed by atoms with van der Waals surface area (Å²) >= 11 is 11.5. The van der Waals surface area contributed by atoms with Crippen molar-refractivity contribution in [3.63, 3.8) is 0 Å². The number of benzene rings is 2. The molecule has 3 aromatic rings.